The zero-order valence-electron chi connectivity index (χ0n) is 20.2. The van der Waals surface area contributed by atoms with E-state index < -0.39 is 0 Å². The Morgan fingerprint density at radius 1 is 1.11 bits per heavy atom. The van der Waals surface area contributed by atoms with Crippen LogP contribution in [0.3, 0.4) is 0 Å². The average Bonchev–Trinajstić information content (AvgIpc) is 3.35. The van der Waals surface area contributed by atoms with Crippen molar-refractivity contribution in [2.24, 2.45) is 0 Å². The first-order valence-corrected chi connectivity index (χ1v) is 13.0. The van der Waals surface area contributed by atoms with Gasteiger partial charge in [-0.05, 0) is 56.2 Å². The molecule has 184 valence electrons. The van der Waals surface area contributed by atoms with E-state index in [2.05, 4.69) is 46.9 Å². The topological polar surface area (TPSA) is 87.5 Å². The highest BCUT2D eigenvalue weighted by atomic mass is 32.2. The summed E-state index contributed by atoms with van der Waals surface area (Å²) in [7, 11) is 0. The maximum Gasteiger partial charge on any atom is 0.230 e. The van der Waals surface area contributed by atoms with Gasteiger partial charge in [0.2, 0.25) is 5.91 Å². The SMILES string of the molecule is CC(C)n1c(SCC(=O)NCc2ccc3c(c2)C[C@@H](C)O3)nnc1-c1ccc2c(c1)OCCCO2. The van der Waals surface area contributed by atoms with Crippen LogP contribution in [-0.4, -0.2) is 45.7 Å². The van der Waals surface area contributed by atoms with E-state index in [0.717, 1.165) is 47.0 Å². The fourth-order valence-corrected chi connectivity index (χ4v) is 5.20. The molecule has 1 atom stereocenters. The smallest absolute Gasteiger partial charge is 0.230 e. The molecule has 2 aliphatic heterocycles. The molecule has 2 aliphatic rings. The predicted molar refractivity (Wildman–Crippen MR) is 134 cm³/mol. The molecule has 0 saturated carbocycles. The van der Waals surface area contributed by atoms with Gasteiger partial charge in [0.15, 0.2) is 22.5 Å². The van der Waals surface area contributed by atoms with E-state index in [1.807, 2.05) is 30.3 Å². The molecular weight excluding hydrogens is 464 g/mol. The van der Waals surface area contributed by atoms with Crippen molar-refractivity contribution in [1.82, 2.24) is 20.1 Å². The Morgan fingerprint density at radius 2 is 1.91 bits per heavy atom. The second kappa shape index (κ2) is 10.2. The van der Waals surface area contributed by atoms with Gasteiger partial charge in [0.25, 0.3) is 0 Å². The summed E-state index contributed by atoms with van der Waals surface area (Å²) in [5, 5.41) is 12.6. The summed E-state index contributed by atoms with van der Waals surface area (Å²) in [6.45, 7) is 7.99. The molecule has 9 heteroatoms. The van der Waals surface area contributed by atoms with Crippen molar-refractivity contribution in [2.75, 3.05) is 19.0 Å². The highest BCUT2D eigenvalue weighted by Gasteiger charge is 2.21. The maximum absolute atomic E-state index is 12.6. The summed E-state index contributed by atoms with van der Waals surface area (Å²) < 4.78 is 19.4. The molecule has 0 fully saturated rings. The van der Waals surface area contributed by atoms with Crippen molar-refractivity contribution in [3.63, 3.8) is 0 Å². The molecule has 8 nitrogen and oxygen atoms in total. The van der Waals surface area contributed by atoms with Crippen LogP contribution >= 0.6 is 11.8 Å². The molecule has 1 N–H and O–H groups in total. The standard InChI is InChI=1S/C26H30N4O4S/c1-16(2)30-25(19-6-8-22-23(13-19)33-10-4-9-32-22)28-29-26(30)35-15-24(31)27-14-18-5-7-21-20(12-18)11-17(3)34-21/h5-8,12-13,16-17H,4,9-11,14-15H2,1-3H3,(H,27,31)/t17-/m1/s1. The molecule has 0 bridgehead atoms. The molecule has 3 aromatic rings. The lowest BCUT2D eigenvalue weighted by Crippen LogP contribution is -2.24. The third-order valence-electron chi connectivity index (χ3n) is 5.97. The van der Waals surface area contributed by atoms with Crippen molar-refractivity contribution in [1.29, 1.82) is 0 Å². The van der Waals surface area contributed by atoms with Crippen molar-refractivity contribution < 1.29 is 19.0 Å². The van der Waals surface area contributed by atoms with Gasteiger partial charge in [-0.3, -0.25) is 9.36 Å². The monoisotopic (exact) mass is 494 g/mol. The lowest BCUT2D eigenvalue weighted by Gasteiger charge is -2.15. The number of benzene rings is 2. The van der Waals surface area contributed by atoms with Gasteiger partial charge in [-0.2, -0.15) is 0 Å². The van der Waals surface area contributed by atoms with Gasteiger partial charge in [0.05, 0.1) is 19.0 Å². The number of rotatable bonds is 7. The number of hydrogen-bond donors (Lipinski definition) is 1. The first-order chi connectivity index (χ1) is 17.0. The molecule has 0 radical (unpaired) electrons. The highest BCUT2D eigenvalue weighted by molar-refractivity contribution is 7.99. The van der Waals surface area contributed by atoms with Crippen LogP contribution in [-0.2, 0) is 17.8 Å². The van der Waals surface area contributed by atoms with Gasteiger partial charge < -0.3 is 19.5 Å². The van der Waals surface area contributed by atoms with Crippen molar-refractivity contribution in [3.8, 4) is 28.6 Å². The number of carbonyl (C=O) groups excluding carboxylic acids is 1. The zero-order valence-corrected chi connectivity index (χ0v) is 21.1. The first kappa shape index (κ1) is 23.5. The van der Waals surface area contributed by atoms with Gasteiger partial charge in [-0.15, -0.1) is 10.2 Å². The van der Waals surface area contributed by atoms with E-state index in [1.165, 1.54) is 17.3 Å². The molecule has 5 rings (SSSR count). The second-order valence-corrected chi connectivity index (χ2v) is 10.1. The number of thioether (sulfide) groups is 1. The third kappa shape index (κ3) is 5.24. The summed E-state index contributed by atoms with van der Waals surface area (Å²) in [5.74, 6) is 3.37. The third-order valence-corrected chi connectivity index (χ3v) is 6.91. The summed E-state index contributed by atoms with van der Waals surface area (Å²) >= 11 is 1.39. The van der Waals surface area contributed by atoms with Crippen LogP contribution in [0.25, 0.3) is 11.4 Å². The summed E-state index contributed by atoms with van der Waals surface area (Å²) in [4.78, 5) is 12.6. The number of fused-ring (bicyclic) bond motifs is 2. The van der Waals surface area contributed by atoms with Crippen LogP contribution in [0.5, 0.6) is 17.2 Å². The minimum Gasteiger partial charge on any atom is -0.490 e. The second-order valence-electron chi connectivity index (χ2n) is 9.12. The minimum atomic E-state index is -0.0458. The largest absolute Gasteiger partial charge is 0.490 e. The van der Waals surface area contributed by atoms with E-state index in [1.54, 1.807) is 0 Å². The van der Waals surface area contributed by atoms with Crippen molar-refractivity contribution >= 4 is 17.7 Å². The average molecular weight is 495 g/mol. The Kier molecular flexibility index (Phi) is 6.86. The Labute approximate surface area is 209 Å². The quantitative estimate of drug-likeness (QED) is 0.487. The summed E-state index contributed by atoms with van der Waals surface area (Å²) in [6, 6.07) is 12.1. The van der Waals surface area contributed by atoms with E-state index in [0.29, 0.717) is 24.9 Å². The van der Waals surface area contributed by atoms with Gasteiger partial charge in [-0.1, -0.05) is 23.9 Å². The van der Waals surface area contributed by atoms with E-state index in [9.17, 15) is 4.79 Å². The molecule has 0 unspecified atom stereocenters. The Balaban J connectivity index is 1.23. The summed E-state index contributed by atoms with van der Waals surface area (Å²) in [5.41, 5.74) is 3.18. The number of carbonyl (C=O) groups is 1. The van der Waals surface area contributed by atoms with Crippen LogP contribution in [0, 0.1) is 0 Å². The Bertz CT molecular complexity index is 1230. The molecule has 1 aromatic heterocycles. The minimum absolute atomic E-state index is 0.0458. The number of nitrogens with one attached hydrogen (secondary N) is 1. The van der Waals surface area contributed by atoms with Gasteiger partial charge >= 0.3 is 0 Å². The molecular formula is C26H30N4O4S. The normalized spacial score (nSPS) is 16.5. The summed E-state index contributed by atoms with van der Waals surface area (Å²) in [6.07, 6.45) is 1.97. The number of amides is 1. The molecule has 3 heterocycles. The van der Waals surface area contributed by atoms with Gasteiger partial charge in [0.1, 0.15) is 11.9 Å². The molecule has 1 amide bonds. The van der Waals surface area contributed by atoms with Crippen LogP contribution in [0.1, 0.15) is 44.4 Å². The fraction of sp³-hybridized carbons (Fsp3) is 0.423. The van der Waals surface area contributed by atoms with Gasteiger partial charge in [-0.25, -0.2) is 0 Å². The molecule has 0 saturated heterocycles. The highest BCUT2D eigenvalue weighted by Crippen LogP contribution is 2.35. The Hall–Kier alpha value is -3.20. The zero-order chi connectivity index (χ0) is 24.4. The molecule has 0 spiro atoms. The number of aromatic nitrogens is 3. The Morgan fingerprint density at radius 3 is 2.74 bits per heavy atom. The van der Waals surface area contributed by atoms with E-state index >= 15 is 0 Å². The lowest BCUT2D eigenvalue weighted by molar-refractivity contribution is -0.118. The van der Waals surface area contributed by atoms with Crippen LogP contribution < -0.4 is 19.5 Å². The molecule has 35 heavy (non-hydrogen) atoms. The number of hydrogen-bond acceptors (Lipinski definition) is 7. The van der Waals surface area contributed by atoms with Crippen LogP contribution in [0.4, 0.5) is 0 Å². The lowest BCUT2D eigenvalue weighted by atomic mass is 10.1. The first-order valence-electron chi connectivity index (χ1n) is 12.0. The molecule has 0 aliphatic carbocycles. The van der Waals surface area contributed by atoms with E-state index in [4.69, 9.17) is 14.2 Å². The number of ether oxygens (including phenoxy) is 3. The van der Waals surface area contributed by atoms with Crippen LogP contribution in [0.15, 0.2) is 41.6 Å². The van der Waals surface area contributed by atoms with Crippen LogP contribution in [0.2, 0.25) is 0 Å². The van der Waals surface area contributed by atoms with Crippen molar-refractivity contribution in [3.05, 3.63) is 47.5 Å². The number of nitrogens with zero attached hydrogens (tertiary/aromatic N) is 3. The van der Waals surface area contributed by atoms with E-state index in [-0.39, 0.29) is 23.8 Å². The van der Waals surface area contributed by atoms with Gasteiger partial charge in [0, 0.05) is 31.0 Å². The maximum atomic E-state index is 12.6. The fourth-order valence-electron chi connectivity index (χ4n) is 4.31. The van der Waals surface area contributed by atoms with Crippen molar-refractivity contribution in [2.45, 2.75) is 57.5 Å². The molecule has 2 aromatic carbocycles. The predicted octanol–water partition coefficient (Wildman–Crippen LogP) is 4.42.